The van der Waals surface area contributed by atoms with Gasteiger partial charge in [0, 0.05) is 45.3 Å². The Labute approximate surface area is 181 Å². The van der Waals surface area contributed by atoms with E-state index in [4.69, 9.17) is 4.74 Å². The number of guanidine groups is 1. The molecule has 0 aromatic heterocycles. The number of piperidine rings is 1. The highest BCUT2D eigenvalue weighted by Gasteiger charge is 2.50. The Balaban J connectivity index is 0.00000392. The van der Waals surface area contributed by atoms with Crippen LogP contribution in [0.5, 0.6) is 0 Å². The number of nitrogens with zero attached hydrogens (tertiary/aromatic N) is 3. The molecule has 0 atom stereocenters. The summed E-state index contributed by atoms with van der Waals surface area (Å²) < 4.78 is 66.6. The maximum atomic E-state index is 12.6. The van der Waals surface area contributed by atoms with Crippen LogP contribution in [0, 0.1) is 0 Å². The Morgan fingerprint density at radius 3 is 2.32 bits per heavy atom. The molecule has 8 nitrogen and oxygen atoms in total. The third-order valence-corrected chi connectivity index (χ3v) is 6.19. The zero-order valence-electron chi connectivity index (χ0n) is 15.9. The lowest BCUT2D eigenvalue weighted by molar-refractivity contribution is -0.0494. The molecule has 2 fully saturated rings. The number of morpholine rings is 1. The minimum Gasteiger partial charge on any atom is -0.379 e. The Kier molecular flexibility index (Phi) is 10.7. The molecule has 2 aliphatic rings. The molecule has 0 aromatic carbocycles. The highest BCUT2D eigenvalue weighted by Crippen LogP contribution is 2.28. The molecular weight excluding hydrogens is 514 g/mol. The predicted molar refractivity (Wildman–Crippen MR) is 111 cm³/mol. The number of halogens is 4. The molecule has 166 valence electrons. The molecule has 2 rings (SSSR count). The van der Waals surface area contributed by atoms with Gasteiger partial charge in [-0.05, 0) is 19.8 Å². The second-order valence-corrected chi connectivity index (χ2v) is 8.41. The Morgan fingerprint density at radius 2 is 1.79 bits per heavy atom. The molecular formula is C15H29F3IN5O3S. The van der Waals surface area contributed by atoms with Gasteiger partial charge in [-0.15, -0.1) is 24.0 Å². The van der Waals surface area contributed by atoms with E-state index in [1.807, 2.05) is 6.92 Å². The topological polar surface area (TPSA) is 86.3 Å². The van der Waals surface area contributed by atoms with Gasteiger partial charge in [0.2, 0.25) is 0 Å². The van der Waals surface area contributed by atoms with Crippen LogP contribution in [0.15, 0.2) is 4.99 Å². The first kappa shape index (κ1) is 25.7. The lowest BCUT2D eigenvalue weighted by atomic mass is 10.1. The molecule has 0 radical (unpaired) electrons. The van der Waals surface area contributed by atoms with Crippen LogP contribution in [0.25, 0.3) is 0 Å². The number of hydrogen-bond acceptors (Lipinski definition) is 5. The molecule has 0 aromatic rings. The third kappa shape index (κ3) is 7.46. The van der Waals surface area contributed by atoms with Crippen molar-refractivity contribution in [1.29, 1.82) is 0 Å². The van der Waals surface area contributed by atoms with Gasteiger partial charge < -0.3 is 15.4 Å². The molecule has 13 heteroatoms. The maximum Gasteiger partial charge on any atom is 0.511 e. The standard InChI is InChI=1S/C15H28F3N5O3S.HI/c1-2-19-14(20-5-8-22-9-11-26-12-10-22)21-13-3-6-23(7-4-13)27(24,25)15(16,17)18;/h13H,2-12H2,1H3,(H2,19,20,21);1H. The zero-order valence-corrected chi connectivity index (χ0v) is 19.0. The monoisotopic (exact) mass is 543 g/mol. The van der Waals surface area contributed by atoms with E-state index in [0.717, 1.165) is 32.8 Å². The molecule has 2 saturated heterocycles. The predicted octanol–water partition coefficient (Wildman–Crippen LogP) is 0.806. The van der Waals surface area contributed by atoms with Crippen LogP contribution < -0.4 is 10.6 Å². The van der Waals surface area contributed by atoms with Gasteiger partial charge in [-0.25, -0.2) is 8.42 Å². The van der Waals surface area contributed by atoms with E-state index in [2.05, 4.69) is 20.5 Å². The molecule has 2 N–H and O–H groups in total. The van der Waals surface area contributed by atoms with Crippen molar-refractivity contribution < 1.29 is 26.3 Å². The van der Waals surface area contributed by atoms with Crippen LogP contribution in [0.2, 0.25) is 0 Å². The lowest BCUT2D eigenvalue weighted by Crippen LogP contribution is -2.51. The van der Waals surface area contributed by atoms with E-state index in [0.29, 0.717) is 36.2 Å². The first-order chi connectivity index (χ1) is 12.7. The van der Waals surface area contributed by atoms with Crippen molar-refractivity contribution in [3.05, 3.63) is 0 Å². The summed E-state index contributed by atoms with van der Waals surface area (Å²) in [5.41, 5.74) is -5.25. The van der Waals surface area contributed by atoms with Crippen LogP contribution in [0.4, 0.5) is 13.2 Å². The first-order valence-electron chi connectivity index (χ1n) is 9.15. The van der Waals surface area contributed by atoms with E-state index >= 15 is 0 Å². The summed E-state index contributed by atoms with van der Waals surface area (Å²) >= 11 is 0. The summed E-state index contributed by atoms with van der Waals surface area (Å²) in [6.07, 6.45) is 0.590. The van der Waals surface area contributed by atoms with Crippen molar-refractivity contribution in [3.63, 3.8) is 0 Å². The fraction of sp³-hybridized carbons (Fsp3) is 0.933. The second kappa shape index (κ2) is 11.7. The highest BCUT2D eigenvalue weighted by atomic mass is 127. The smallest absolute Gasteiger partial charge is 0.379 e. The summed E-state index contributed by atoms with van der Waals surface area (Å²) in [7, 11) is -5.24. The summed E-state index contributed by atoms with van der Waals surface area (Å²) in [4.78, 5) is 6.77. The van der Waals surface area contributed by atoms with Crippen LogP contribution in [0.1, 0.15) is 19.8 Å². The summed E-state index contributed by atoms with van der Waals surface area (Å²) in [6.45, 7) is 6.88. The van der Waals surface area contributed by atoms with Crippen LogP contribution in [-0.4, -0.2) is 94.2 Å². The largest absolute Gasteiger partial charge is 0.511 e. The van der Waals surface area contributed by atoms with Gasteiger partial charge in [-0.2, -0.15) is 17.5 Å². The number of rotatable bonds is 6. The van der Waals surface area contributed by atoms with Gasteiger partial charge >= 0.3 is 15.5 Å². The van der Waals surface area contributed by atoms with Crippen molar-refractivity contribution >= 4 is 40.0 Å². The molecule has 2 heterocycles. The maximum absolute atomic E-state index is 12.6. The van der Waals surface area contributed by atoms with Gasteiger partial charge in [0.1, 0.15) is 0 Å². The van der Waals surface area contributed by atoms with Crippen LogP contribution in [0.3, 0.4) is 0 Å². The van der Waals surface area contributed by atoms with Crippen molar-refractivity contribution in [2.75, 3.05) is 59.0 Å². The van der Waals surface area contributed by atoms with Gasteiger partial charge in [-0.3, -0.25) is 9.89 Å². The average molecular weight is 543 g/mol. The SMILES string of the molecule is CCNC(=NCCN1CCOCC1)NC1CCN(S(=O)(=O)C(F)(F)F)CC1.I. The summed E-state index contributed by atoms with van der Waals surface area (Å²) in [6, 6.07) is -0.120. The number of hydrogen-bond donors (Lipinski definition) is 2. The molecule has 2 aliphatic heterocycles. The van der Waals surface area contributed by atoms with Gasteiger partial charge in [0.05, 0.1) is 19.8 Å². The molecule has 28 heavy (non-hydrogen) atoms. The van der Waals surface area contributed by atoms with E-state index in [1.54, 1.807) is 0 Å². The highest BCUT2D eigenvalue weighted by molar-refractivity contribution is 14.0. The average Bonchev–Trinajstić information content (AvgIpc) is 2.62. The van der Waals surface area contributed by atoms with Crippen molar-refractivity contribution in [1.82, 2.24) is 19.8 Å². The van der Waals surface area contributed by atoms with E-state index < -0.39 is 15.5 Å². The van der Waals surface area contributed by atoms with Crippen molar-refractivity contribution in [2.24, 2.45) is 4.99 Å². The number of aliphatic imine (C=N–C) groups is 1. The fourth-order valence-electron chi connectivity index (χ4n) is 3.03. The minimum atomic E-state index is -5.25. The van der Waals surface area contributed by atoms with Crippen molar-refractivity contribution in [3.8, 4) is 0 Å². The van der Waals surface area contributed by atoms with E-state index in [1.165, 1.54) is 0 Å². The number of ether oxygens (including phenoxy) is 1. The second-order valence-electron chi connectivity index (χ2n) is 6.48. The van der Waals surface area contributed by atoms with Crippen molar-refractivity contribution in [2.45, 2.75) is 31.3 Å². The Bertz CT molecular complexity index is 592. The molecule has 0 amide bonds. The normalized spacial score (nSPS) is 21.2. The summed E-state index contributed by atoms with van der Waals surface area (Å²) in [5.74, 6) is 0.600. The van der Waals surface area contributed by atoms with E-state index in [9.17, 15) is 21.6 Å². The molecule has 0 unspecified atom stereocenters. The Hall–Kier alpha value is -0.380. The van der Waals surface area contributed by atoms with Gasteiger partial charge in [0.25, 0.3) is 0 Å². The third-order valence-electron chi connectivity index (χ3n) is 4.56. The lowest BCUT2D eigenvalue weighted by Gasteiger charge is -2.32. The zero-order chi connectivity index (χ0) is 19.9. The molecule has 0 spiro atoms. The van der Waals surface area contributed by atoms with Gasteiger partial charge in [-0.1, -0.05) is 0 Å². The number of nitrogens with one attached hydrogen (secondary N) is 2. The molecule has 0 aliphatic carbocycles. The summed E-state index contributed by atoms with van der Waals surface area (Å²) in [5, 5.41) is 6.32. The molecule has 0 bridgehead atoms. The number of alkyl halides is 3. The van der Waals surface area contributed by atoms with Crippen LogP contribution >= 0.6 is 24.0 Å². The van der Waals surface area contributed by atoms with Gasteiger partial charge in [0.15, 0.2) is 5.96 Å². The minimum absolute atomic E-state index is 0. The van der Waals surface area contributed by atoms with E-state index in [-0.39, 0.29) is 43.1 Å². The Morgan fingerprint density at radius 1 is 1.18 bits per heavy atom. The van der Waals surface area contributed by atoms with Crippen LogP contribution in [-0.2, 0) is 14.8 Å². The quantitative estimate of drug-likeness (QED) is 0.293. The first-order valence-corrected chi connectivity index (χ1v) is 10.6. The molecule has 0 saturated carbocycles. The fourth-order valence-corrected chi connectivity index (χ4v) is 4.01. The number of sulfonamides is 1.